The molecular formula is C22H32FN3O6S. The van der Waals surface area contributed by atoms with Crippen molar-refractivity contribution in [2.75, 3.05) is 46.9 Å². The van der Waals surface area contributed by atoms with Crippen LogP contribution in [-0.2, 0) is 29.1 Å². The summed E-state index contributed by atoms with van der Waals surface area (Å²) in [6.45, 7) is 3.00. The maximum atomic E-state index is 13.0. The molecule has 0 atom stereocenters. The summed E-state index contributed by atoms with van der Waals surface area (Å²) in [5, 5.41) is 0. The number of halogens is 1. The van der Waals surface area contributed by atoms with Crippen molar-refractivity contribution in [1.82, 2.24) is 14.1 Å². The van der Waals surface area contributed by atoms with E-state index in [1.807, 2.05) is 0 Å². The molecule has 1 heterocycles. The number of likely N-dealkylation sites (N-methyl/N-ethyl adjacent to an activating group) is 1. The minimum atomic E-state index is -3.77. The third-order valence-electron chi connectivity index (χ3n) is 5.65. The predicted octanol–water partition coefficient (Wildman–Crippen LogP) is 1.49. The van der Waals surface area contributed by atoms with Gasteiger partial charge < -0.3 is 14.5 Å². The first-order chi connectivity index (χ1) is 15.6. The Kier molecular flexibility index (Phi) is 9.78. The first-order valence-corrected chi connectivity index (χ1v) is 12.4. The summed E-state index contributed by atoms with van der Waals surface area (Å²) in [7, 11) is -0.842. The van der Waals surface area contributed by atoms with Crippen LogP contribution in [0.5, 0.6) is 0 Å². The number of nitrogens with zero attached hydrogens (tertiary/aromatic N) is 3. The molecule has 0 unspecified atom stereocenters. The first kappa shape index (κ1) is 26.7. The largest absolute Gasteiger partial charge is 0.466 e. The van der Waals surface area contributed by atoms with Crippen molar-refractivity contribution < 1.29 is 31.9 Å². The van der Waals surface area contributed by atoms with Crippen LogP contribution in [0.4, 0.5) is 4.39 Å². The van der Waals surface area contributed by atoms with Crippen molar-refractivity contribution in [2.45, 2.75) is 37.5 Å². The lowest BCUT2D eigenvalue weighted by atomic mass is 9.97. The SMILES string of the molecule is CCOC(=O)C1CCN(C(=O)CN(C)C(=O)CCCN(C)S(=O)(=O)c2ccc(F)cc2)CC1. The van der Waals surface area contributed by atoms with E-state index >= 15 is 0 Å². The molecule has 0 saturated carbocycles. The van der Waals surface area contributed by atoms with Crippen molar-refractivity contribution >= 4 is 27.8 Å². The average molecular weight is 486 g/mol. The van der Waals surface area contributed by atoms with Gasteiger partial charge >= 0.3 is 5.97 Å². The lowest BCUT2D eigenvalue weighted by Gasteiger charge is -2.32. The van der Waals surface area contributed by atoms with E-state index in [0.29, 0.717) is 32.5 Å². The van der Waals surface area contributed by atoms with Gasteiger partial charge in [0.05, 0.1) is 24.0 Å². The molecule has 0 aromatic heterocycles. The molecule has 1 fully saturated rings. The van der Waals surface area contributed by atoms with Gasteiger partial charge in [-0.2, -0.15) is 0 Å². The summed E-state index contributed by atoms with van der Waals surface area (Å²) in [6.07, 6.45) is 1.44. The Bertz CT molecular complexity index is 930. The van der Waals surface area contributed by atoms with Crippen LogP contribution in [0.1, 0.15) is 32.6 Å². The summed E-state index contributed by atoms with van der Waals surface area (Å²) in [4.78, 5) is 39.7. The highest BCUT2D eigenvalue weighted by molar-refractivity contribution is 7.89. The lowest BCUT2D eigenvalue weighted by molar-refractivity contribution is -0.151. The molecule has 0 N–H and O–H groups in total. The topological polar surface area (TPSA) is 104 Å². The summed E-state index contributed by atoms with van der Waals surface area (Å²) < 4.78 is 44.2. The van der Waals surface area contributed by atoms with E-state index in [4.69, 9.17) is 4.74 Å². The van der Waals surface area contributed by atoms with Gasteiger partial charge in [-0.05, 0) is 50.5 Å². The molecule has 2 amide bonds. The summed E-state index contributed by atoms with van der Waals surface area (Å²) >= 11 is 0. The second-order valence-corrected chi connectivity index (χ2v) is 10.1. The lowest BCUT2D eigenvalue weighted by Crippen LogP contribution is -2.45. The molecule has 1 aromatic rings. The molecule has 1 saturated heterocycles. The first-order valence-electron chi connectivity index (χ1n) is 11.0. The number of likely N-dealkylation sites (tertiary alicyclic amines) is 1. The zero-order chi connectivity index (χ0) is 24.6. The van der Waals surface area contributed by atoms with Gasteiger partial charge in [0.2, 0.25) is 21.8 Å². The standard InChI is InChI=1S/C22H32FN3O6S/c1-4-32-22(29)17-11-14-26(15-12-17)21(28)16-24(2)20(27)6-5-13-25(3)33(30,31)19-9-7-18(23)8-10-19/h7-10,17H,4-6,11-16H2,1-3H3. The summed E-state index contributed by atoms with van der Waals surface area (Å²) in [5.74, 6) is -1.41. The van der Waals surface area contributed by atoms with Crippen molar-refractivity contribution in [3.63, 3.8) is 0 Å². The van der Waals surface area contributed by atoms with Crippen molar-refractivity contribution in [3.8, 4) is 0 Å². The molecule has 1 aliphatic rings. The van der Waals surface area contributed by atoms with E-state index in [2.05, 4.69) is 0 Å². The number of carbonyl (C=O) groups is 3. The number of sulfonamides is 1. The zero-order valence-electron chi connectivity index (χ0n) is 19.3. The molecule has 1 aliphatic heterocycles. The number of carbonyl (C=O) groups excluding carboxylic acids is 3. The van der Waals surface area contributed by atoms with Gasteiger partial charge in [0, 0.05) is 40.2 Å². The molecule has 11 heteroatoms. The molecule has 0 bridgehead atoms. The number of hydrogen-bond donors (Lipinski definition) is 0. The zero-order valence-corrected chi connectivity index (χ0v) is 20.1. The summed E-state index contributed by atoms with van der Waals surface area (Å²) in [6, 6.07) is 4.55. The second-order valence-electron chi connectivity index (χ2n) is 8.04. The molecule has 1 aromatic carbocycles. The van der Waals surface area contributed by atoms with Crippen LogP contribution in [0.15, 0.2) is 29.2 Å². The van der Waals surface area contributed by atoms with Crippen molar-refractivity contribution in [1.29, 1.82) is 0 Å². The van der Waals surface area contributed by atoms with Crippen LogP contribution in [-0.4, -0.2) is 87.2 Å². The van der Waals surface area contributed by atoms with Gasteiger partial charge in [-0.25, -0.2) is 17.1 Å². The fourth-order valence-corrected chi connectivity index (χ4v) is 4.78. The molecular weight excluding hydrogens is 453 g/mol. The van der Waals surface area contributed by atoms with E-state index in [-0.39, 0.29) is 54.5 Å². The Morgan fingerprint density at radius 3 is 2.30 bits per heavy atom. The van der Waals surface area contributed by atoms with Crippen LogP contribution >= 0.6 is 0 Å². The minimum absolute atomic E-state index is 0.0211. The molecule has 33 heavy (non-hydrogen) atoms. The van der Waals surface area contributed by atoms with Gasteiger partial charge in [0.25, 0.3) is 0 Å². The Hall–Kier alpha value is -2.53. The number of benzene rings is 1. The molecule has 184 valence electrons. The van der Waals surface area contributed by atoms with Crippen molar-refractivity contribution in [3.05, 3.63) is 30.1 Å². The average Bonchev–Trinajstić information content (AvgIpc) is 2.79. The fraction of sp³-hybridized carbons (Fsp3) is 0.591. The number of rotatable bonds is 10. The van der Waals surface area contributed by atoms with Crippen molar-refractivity contribution in [2.24, 2.45) is 5.92 Å². The Morgan fingerprint density at radius 1 is 1.12 bits per heavy atom. The van der Waals surface area contributed by atoms with Crippen LogP contribution in [0.3, 0.4) is 0 Å². The van der Waals surface area contributed by atoms with Gasteiger partial charge in [-0.15, -0.1) is 0 Å². The molecule has 0 spiro atoms. The smallest absolute Gasteiger partial charge is 0.309 e. The molecule has 9 nitrogen and oxygen atoms in total. The van der Waals surface area contributed by atoms with E-state index < -0.39 is 15.8 Å². The van der Waals surface area contributed by atoms with Crippen LogP contribution in [0.2, 0.25) is 0 Å². The Balaban J connectivity index is 1.75. The van der Waals surface area contributed by atoms with Crippen LogP contribution in [0.25, 0.3) is 0 Å². The van der Waals surface area contributed by atoms with Crippen LogP contribution < -0.4 is 0 Å². The van der Waals surface area contributed by atoms with E-state index in [9.17, 15) is 27.2 Å². The second kappa shape index (κ2) is 12.1. The fourth-order valence-electron chi connectivity index (χ4n) is 3.57. The molecule has 0 aliphatic carbocycles. The Morgan fingerprint density at radius 2 is 1.73 bits per heavy atom. The maximum Gasteiger partial charge on any atom is 0.309 e. The number of hydrogen-bond acceptors (Lipinski definition) is 6. The monoisotopic (exact) mass is 485 g/mol. The third-order valence-corrected chi connectivity index (χ3v) is 7.52. The quantitative estimate of drug-likeness (QED) is 0.465. The van der Waals surface area contributed by atoms with Gasteiger partial charge in [-0.1, -0.05) is 0 Å². The van der Waals surface area contributed by atoms with E-state index in [1.165, 1.54) is 31.1 Å². The molecule has 2 rings (SSSR count). The van der Waals surface area contributed by atoms with Gasteiger partial charge in [-0.3, -0.25) is 14.4 Å². The highest BCUT2D eigenvalue weighted by atomic mass is 32.2. The van der Waals surface area contributed by atoms with Crippen LogP contribution in [0, 0.1) is 11.7 Å². The van der Waals surface area contributed by atoms with Gasteiger partial charge in [0.1, 0.15) is 5.82 Å². The van der Waals surface area contributed by atoms with E-state index in [0.717, 1.165) is 16.4 Å². The number of ether oxygens (including phenoxy) is 1. The van der Waals surface area contributed by atoms with Gasteiger partial charge in [0.15, 0.2) is 0 Å². The predicted molar refractivity (Wildman–Crippen MR) is 119 cm³/mol. The Labute approximate surface area is 194 Å². The third kappa shape index (κ3) is 7.50. The number of esters is 1. The molecule has 0 radical (unpaired) electrons. The normalized spacial score (nSPS) is 14.9. The van der Waals surface area contributed by atoms with E-state index in [1.54, 1.807) is 11.8 Å². The maximum absolute atomic E-state index is 13.0. The minimum Gasteiger partial charge on any atom is -0.466 e. The highest BCUT2D eigenvalue weighted by Crippen LogP contribution is 2.19. The highest BCUT2D eigenvalue weighted by Gasteiger charge is 2.29. The summed E-state index contributed by atoms with van der Waals surface area (Å²) in [5.41, 5.74) is 0. The number of piperidine rings is 1. The number of amides is 2.